The molecule has 2 aromatic rings. The van der Waals surface area contributed by atoms with E-state index in [2.05, 4.69) is 111 Å². The van der Waals surface area contributed by atoms with E-state index in [1.807, 2.05) is 13.8 Å². The molecule has 2 unspecified atom stereocenters. The van der Waals surface area contributed by atoms with Crippen LogP contribution in [0.25, 0.3) is 11.1 Å². The van der Waals surface area contributed by atoms with Gasteiger partial charge in [0.1, 0.15) is 0 Å². The number of allylic oxidation sites excluding steroid dienone is 6. The van der Waals surface area contributed by atoms with E-state index in [9.17, 15) is 0 Å². The number of pyridine rings is 1. The Morgan fingerprint density at radius 1 is 0.964 bits per heavy atom. The Morgan fingerprint density at radius 3 is 2.32 bits per heavy atom. The fraction of sp³-hybridized carbons (Fsp3) is 0.370. The van der Waals surface area contributed by atoms with Gasteiger partial charge in [0.15, 0.2) is 11.7 Å². The van der Waals surface area contributed by atoms with E-state index < -0.39 is 0 Å². The van der Waals surface area contributed by atoms with Gasteiger partial charge in [-0.15, -0.1) is 0 Å². The quantitative estimate of drug-likeness (QED) is 0.402. The lowest BCUT2D eigenvalue weighted by molar-refractivity contribution is -0.778. The number of fused-ring (bicyclic) bond motifs is 3. The van der Waals surface area contributed by atoms with Gasteiger partial charge in [-0.1, -0.05) is 62.4 Å². The minimum atomic E-state index is 0.0101. The normalized spacial score (nSPS) is 25.0. The van der Waals surface area contributed by atoms with Gasteiger partial charge in [0, 0.05) is 37.5 Å². The highest BCUT2D eigenvalue weighted by Crippen LogP contribution is 2.54. The van der Waals surface area contributed by atoms with Crippen LogP contribution in [0.5, 0.6) is 0 Å². The number of benzene rings is 1. The summed E-state index contributed by atoms with van der Waals surface area (Å²) in [6, 6.07) is 17.3. The lowest BCUT2D eigenvalue weighted by Crippen LogP contribution is -2.67. The van der Waals surface area contributed by atoms with Crippen LogP contribution in [0.2, 0.25) is 0 Å². The molecule has 0 fully saturated rings. The fourth-order valence-electron chi connectivity index (χ4n) is 4.87. The Labute approximate surface area is 171 Å². The summed E-state index contributed by atoms with van der Waals surface area (Å²) in [5, 5.41) is 0. The highest BCUT2D eigenvalue weighted by molar-refractivity contribution is 5.86. The molecule has 0 radical (unpaired) electrons. The van der Waals surface area contributed by atoms with E-state index in [0.717, 1.165) is 6.42 Å². The van der Waals surface area contributed by atoms with Crippen LogP contribution in [-0.2, 0) is 5.54 Å². The maximum Gasteiger partial charge on any atom is 0.209 e. The Kier molecular flexibility index (Phi) is 5.74. The third-order valence-electron chi connectivity index (χ3n) is 6.68. The van der Waals surface area contributed by atoms with Gasteiger partial charge in [-0.2, -0.15) is 4.57 Å². The average Bonchev–Trinajstić information content (AvgIpc) is 2.74. The molecule has 0 saturated heterocycles. The number of rotatable bonds is 2. The predicted molar refractivity (Wildman–Crippen MR) is 121 cm³/mol. The molecule has 0 bridgehead atoms. The van der Waals surface area contributed by atoms with Crippen molar-refractivity contribution >= 4 is 11.1 Å². The van der Waals surface area contributed by atoms with Gasteiger partial charge < -0.3 is 0 Å². The molecule has 1 aliphatic heterocycles. The van der Waals surface area contributed by atoms with Crippen LogP contribution < -0.4 is 4.57 Å². The zero-order valence-corrected chi connectivity index (χ0v) is 18.2. The molecule has 1 aromatic heterocycles. The highest BCUT2D eigenvalue weighted by Gasteiger charge is 2.58. The van der Waals surface area contributed by atoms with Crippen molar-refractivity contribution in [2.45, 2.75) is 53.5 Å². The summed E-state index contributed by atoms with van der Waals surface area (Å²) in [6.45, 7) is 13.3. The van der Waals surface area contributed by atoms with Crippen molar-refractivity contribution in [1.82, 2.24) is 0 Å². The van der Waals surface area contributed by atoms with Crippen LogP contribution in [-0.4, -0.2) is 0 Å². The number of aromatic nitrogens is 1. The van der Waals surface area contributed by atoms with Crippen molar-refractivity contribution in [2.24, 2.45) is 11.3 Å². The van der Waals surface area contributed by atoms with E-state index in [1.165, 1.54) is 22.4 Å². The molecule has 146 valence electrons. The van der Waals surface area contributed by atoms with Crippen LogP contribution in [0.4, 0.5) is 0 Å². The minimum absolute atomic E-state index is 0.0101. The lowest BCUT2D eigenvalue weighted by atomic mass is 9.57. The largest absolute Gasteiger partial charge is 0.209 e. The van der Waals surface area contributed by atoms with Crippen LogP contribution in [0, 0.1) is 11.3 Å². The molecule has 2 heterocycles. The van der Waals surface area contributed by atoms with E-state index in [4.69, 9.17) is 0 Å². The number of hydrogen-bond donors (Lipinski definition) is 0. The third-order valence-corrected chi connectivity index (χ3v) is 6.68. The first-order valence-electron chi connectivity index (χ1n) is 10.6. The van der Waals surface area contributed by atoms with Crippen molar-refractivity contribution in [3.63, 3.8) is 0 Å². The number of hydrogen-bond acceptors (Lipinski definition) is 0. The van der Waals surface area contributed by atoms with Gasteiger partial charge in [0.2, 0.25) is 5.69 Å². The summed E-state index contributed by atoms with van der Waals surface area (Å²) in [7, 11) is 0. The monoisotopic (exact) mass is 372 g/mol. The second-order valence-corrected chi connectivity index (χ2v) is 8.21. The standard InChI is InChI=1S/C25H28N.C2H6/c1-5-16-25(4)22-15-14-20(19-11-7-6-8-12-19)18-21(22)23-13-9-10-17-26(23)24(25,2)3;1-2/h5-14,16-18,22H,15H2,1-4H3;1-2H3/q+1;. The second kappa shape index (κ2) is 7.91. The first-order chi connectivity index (χ1) is 13.5. The third kappa shape index (κ3) is 3.07. The van der Waals surface area contributed by atoms with Gasteiger partial charge in [0.25, 0.3) is 0 Å². The van der Waals surface area contributed by atoms with Crippen LogP contribution >= 0.6 is 0 Å². The second-order valence-electron chi connectivity index (χ2n) is 8.21. The SMILES string of the molecule is CC.CC=CC1(C)C2CC=C(c3ccccc3)C=C2c2cccc[n+]2C1(C)C. The van der Waals surface area contributed by atoms with Crippen molar-refractivity contribution in [3.05, 3.63) is 90.3 Å². The van der Waals surface area contributed by atoms with Crippen LogP contribution in [0.15, 0.2) is 79.0 Å². The van der Waals surface area contributed by atoms with E-state index in [1.54, 1.807) is 0 Å². The van der Waals surface area contributed by atoms with E-state index in [-0.39, 0.29) is 11.0 Å². The molecular weight excluding hydrogens is 338 g/mol. The van der Waals surface area contributed by atoms with Crippen LogP contribution in [0.3, 0.4) is 0 Å². The van der Waals surface area contributed by atoms with Gasteiger partial charge in [0.05, 0.1) is 5.41 Å². The molecule has 28 heavy (non-hydrogen) atoms. The summed E-state index contributed by atoms with van der Waals surface area (Å²) in [5.74, 6) is 0.489. The van der Waals surface area contributed by atoms with Gasteiger partial charge in [-0.25, -0.2) is 0 Å². The van der Waals surface area contributed by atoms with Crippen molar-refractivity contribution in [3.8, 4) is 0 Å². The van der Waals surface area contributed by atoms with Crippen molar-refractivity contribution < 1.29 is 4.57 Å². The zero-order valence-electron chi connectivity index (χ0n) is 18.2. The van der Waals surface area contributed by atoms with E-state index >= 15 is 0 Å². The Hall–Kier alpha value is -2.41. The molecule has 0 saturated carbocycles. The molecule has 2 aliphatic rings. The summed E-state index contributed by atoms with van der Waals surface area (Å²) in [6.07, 6.45) is 12.8. The van der Waals surface area contributed by atoms with Crippen molar-refractivity contribution in [1.29, 1.82) is 0 Å². The molecule has 0 N–H and O–H groups in total. The van der Waals surface area contributed by atoms with Gasteiger partial charge >= 0.3 is 0 Å². The Morgan fingerprint density at radius 2 is 1.64 bits per heavy atom. The lowest BCUT2D eigenvalue weighted by Gasteiger charge is -2.49. The Bertz CT molecular complexity index is 914. The van der Waals surface area contributed by atoms with Gasteiger partial charge in [-0.3, -0.25) is 0 Å². The van der Waals surface area contributed by atoms with E-state index in [0.29, 0.717) is 5.92 Å². The first kappa shape index (κ1) is 20.3. The molecular formula is C27H34N+. The molecule has 2 atom stereocenters. The summed E-state index contributed by atoms with van der Waals surface area (Å²) < 4.78 is 2.48. The average molecular weight is 373 g/mol. The predicted octanol–water partition coefficient (Wildman–Crippen LogP) is 6.82. The Balaban J connectivity index is 0.00000109. The fourth-order valence-corrected chi connectivity index (χ4v) is 4.87. The first-order valence-corrected chi connectivity index (χ1v) is 10.6. The number of nitrogens with zero attached hydrogens (tertiary/aromatic N) is 1. The molecule has 1 heteroatoms. The maximum atomic E-state index is 2.48. The molecule has 1 aliphatic carbocycles. The van der Waals surface area contributed by atoms with Gasteiger partial charge in [-0.05, 0) is 43.5 Å². The summed E-state index contributed by atoms with van der Waals surface area (Å²) in [5.41, 5.74) is 5.54. The molecule has 0 amide bonds. The summed E-state index contributed by atoms with van der Waals surface area (Å²) in [4.78, 5) is 0. The maximum absolute atomic E-state index is 2.48. The summed E-state index contributed by atoms with van der Waals surface area (Å²) >= 11 is 0. The topological polar surface area (TPSA) is 3.88 Å². The van der Waals surface area contributed by atoms with Crippen molar-refractivity contribution in [2.75, 3.05) is 0 Å². The zero-order chi connectivity index (χ0) is 20.4. The molecule has 4 rings (SSSR count). The molecule has 1 aromatic carbocycles. The smallest absolute Gasteiger partial charge is 0.193 e. The van der Waals surface area contributed by atoms with Crippen LogP contribution in [0.1, 0.15) is 59.2 Å². The minimum Gasteiger partial charge on any atom is -0.193 e. The molecule has 0 spiro atoms. The highest BCUT2D eigenvalue weighted by atomic mass is 15.1. The molecule has 1 nitrogen and oxygen atoms in total.